The third-order valence-corrected chi connectivity index (χ3v) is 7.98. The van der Waals surface area contributed by atoms with Crippen LogP contribution in [-0.4, -0.2) is 44.8 Å². The highest BCUT2D eigenvalue weighted by Crippen LogP contribution is 2.25. The highest BCUT2D eigenvalue weighted by Gasteiger charge is 2.29. The molecule has 0 radical (unpaired) electrons. The lowest BCUT2D eigenvalue weighted by Gasteiger charge is -2.39. The molecule has 0 N–H and O–H groups in total. The van der Waals surface area contributed by atoms with Crippen LogP contribution in [0.1, 0.15) is 66.1 Å². The number of likely N-dealkylation sites (tertiary alicyclic amines) is 1. The number of hydrogen-bond acceptors (Lipinski definition) is 4. The molecule has 3 aromatic carbocycles. The van der Waals surface area contributed by atoms with E-state index in [1.807, 2.05) is 24.5 Å². The van der Waals surface area contributed by atoms with Crippen molar-refractivity contribution >= 4 is 5.91 Å². The molecule has 0 unspecified atom stereocenters. The van der Waals surface area contributed by atoms with Gasteiger partial charge in [0, 0.05) is 55.7 Å². The van der Waals surface area contributed by atoms with Crippen LogP contribution in [-0.2, 0) is 19.5 Å². The Hall–Kier alpha value is -3.83. The Morgan fingerprint density at radius 1 is 0.800 bits per heavy atom. The molecule has 1 aromatic heterocycles. The van der Waals surface area contributed by atoms with Crippen molar-refractivity contribution in [2.75, 3.05) is 13.1 Å². The summed E-state index contributed by atoms with van der Waals surface area (Å²) in [6, 6.07) is 27.7. The Morgan fingerprint density at radius 3 is 2.15 bits per heavy atom. The van der Waals surface area contributed by atoms with Crippen molar-refractivity contribution < 1.29 is 4.79 Å². The van der Waals surface area contributed by atoms with Gasteiger partial charge < -0.3 is 4.90 Å². The number of carbonyl (C=O) groups is 1. The van der Waals surface area contributed by atoms with Crippen molar-refractivity contribution in [1.82, 2.24) is 19.8 Å². The van der Waals surface area contributed by atoms with Gasteiger partial charge in [0.1, 0.15) is 6.33 Å². The lowest BCUT2D eigenvalue weighted by Crippen LogP contribution is -2.46. The largest absolute Gasteiger partial charge is 0.331 e. The third kappa shape index (κ3) is 7.42. The molecule has 0 aliphatic carbocycles. The fourth-order valence-electron chi connectivity index (χ4n) is 5.60. The van der Waals surface area contributed by atoms with Gasteiger partial charge in [0.15, 0.2) is 0 Å². The molecule has 5 heteroatoms. The standard InChI is InChI=1S/C35H40N4O/c1-2-3-5-8-28-11-17-32(18-12-28)35(40)39(26-30-13-15-31(16-14-30)33-23-36-27-37-24-33)34-19-21-38(22-20-34)25-29-9-6-4-7-10-29/h4,6-7,9-18,23-24,27,34H,2-3,5,8,19-22,25-26H2,1H3. The number of hydrogen-bond donors (Lipinski definition) is 0. The van der Waals surface area contributed by atoms with Crippen LogP contribution in [0, 0.1) is 0 Å². The number of amides is 1. The SMILES string of the molecule is CCCCCc1ccc(C(=O)N(Cc2ccc(-c3cncnc3)cc2)C2CCN(Cc3ccccc3)CC2)cc1. The van der Waals surface area contributed by atoms with E-state index in [9.17, 15) is 4.79 Å². The van der Waals surface area contributed by atoms with Gasteiger partial charge in [-0.05, 0) is 60.1 Å². The van der Waals surface area contributed by atoms with E-state index < -0.39 is 0 Å². The molecule has 1 aliphatic heterocycles. The second-order valence-electron chi connectivity index (χ2n) is 10.9. The summed E-state index contributed by atoms with van der Waals surface area (Å²) in [5, 5.41) is 0. The number of rotatable bonds is 11. The average molecular weight is 533 g/mol. The fraction of sp³-hybridized carbons (Fsp3) is 0.343. The normalized spacial score (nSPS) is 14.2. The molecule has 4 aromatic rings. The Morgan fingerprint density at radius 2 is 1.48 bits per heavy atom. The first-order valence-electron chi connectivity index (χ1n) is 14.7. The molecule has 5 rings (SSSR count). The van der Waals surface area contributed by atoms with Gasteiger partial charge in [-0.2, -0.15) is 0 Å². The summed E-state index contributed by atoms with van der Waals surface area (Å²) in [5.74, 6) is 0.127. The zero-order valence-corrected chi connectivity index (χ0v) is 23.6. The number of nitrogens with zero attached hydrogens (tertiary/aromatic N) is 4. The topological polar surface area (TPSA) is 49.3 Å². The molecule has 0 spiro atoms. The van der Waals surface area contributed by atoms with Crippen molar-refractivity contribution in [2.24, 2.45) is 0 Å². The second kappa shape index (κ2) is 14.0. The summed E-state index contributed by atoms with van der Waals surface area (Å²) in [4.78, 5) is 26.9. The van der Waals surface area contributed by atoms with Crippen molar-refractivity contribution in [3.05, 3.63) is 120 Å². The van der Waals surface area contributed by atoms with Crippen molar-refractivity contribution in [3.8, 4) is 11.1 Å². The van der Waals surface area contributed by atoms with Gasteiger partial charge in [-0.1, -0.05) is 86.5 Å². The maximum Gasteiger partial charge on any atom is 0.254 e. The first-order valence-corrected chi connectivity index (χ1v) is 14.7. The molecule has 0 bridgehead atoms. The third-order valence-electron chi connectivity index (χ3n) is 7.98. The quantitative estimate of drug-likeness (QED) is 0.192. The molecule has 40 heavy (non-hydrogen) atoms. The molecule has 1 fully saturated rings. The fourth-order valence-corrected chi connectivity index (χ4v) is 5.60. The molecule has 0 atom stereocenters. The van der Waals surface area contributed by atoms with Crippen molar-refractivity contribution in [1.29, 1.82) is 0 Å². The summed E-state index contributed by atoms with van der Waals surface area (Å²) in [6.45, 7) is 5.78. The number of piperidine rings is 1. The summed E-state index contributed by atoms with van der Waals surface area (Å²) in [6.07, 6.45) is 11.9. The highest BCUT2D eigenvalue weighted by atomic mass is 16.2. The molecular formula is C35H40N4O. The summed E-state index contributed by atoms with van der Waals surface area (Å²) in [5.41, 5.74) is 6.64. The second-order valence-corrected chi connectivity index (χ2v) is 10.9. The predicted molar refractivity (Wildman–Crippen MR) is 162 cm³/mol. The van der Waals surface area contributed by atoms with E-state index in [1.54, 1.807) is 6.33 Å². The zero-order valence-electron chi connectivity index (χ0n) is 23.6. The number of aryl methyl sites for hydroxylation is 1. The van der Waals surface area contributed by atoms with Crippen LogP contribution in [0.2, 0.25) is 0 Å². The van der Waals surface area contributed by atoms with E-state index in [-0.39, 0.29) is 11.9 Å². The molecule has 2 heterocycles. The van der Waals surface area contributed by atoms with Gasteiger partial charge in [0.25, 0.3) is 5.91 Å². The van der Waals surface area contributed by atoms with Crippen LogP contribution in [0.4, 0.5) is 0 Å². The van der Waals surface area contributed by atoms with E-state index in [0.29, 0.717) is 6.54 Å². The first kappa shape index (κ1) is 27.7. The lowest BCUT2D eigenvalue weighted by molar-refractivity contribution is 0.0543. The Kier molecular flexibility index (Phi) is 9.70. The molecular weight excluding hydrogens is 492 g/mol. The Balaban J connectivity index is 1.30. The predicted octanol–water partition coefficient (Wildman–Crippen LogP) is 7.18. The van der Waals surface area contributed by atoms with Gasteiger partial charge in [-0.3, -0.25) is 9.69 Å². The van der Waals surface area contributed by atoms with Crippen LogP contribution in [0.15, 0.2) is 97.6 Å². The summed E-state index contributed by atoms with van der Waals surface area (Å²) >= 11 is 0. The lowest BCUT2D eigenvalue weighted by atomic mass is 9.99. The maximum absolute atomic E-state index is 14.0. The molecule has 1 amide bonds. The molecule has 206 valence electrons. The van der Waals surface area contributed by atoms with Crippen molar-refractivity contribution in [2.45, 2.75) is 64.6 Å². The average Bonchev–Trinajstić information content (AvgIpc) is 3.02. The summed E-state index contributed by atoms with van der Waals surface area (Å²) in [7, 11) is 0. The minimum atomic E-state index is 0.127. The van der Waals surface area contributed by atoms with E-state index in [0.717, 1.165) is 61.2 Å². The smallest absolute Gasteiger partial charge is 0.254 e. The van der Waals surface area contributed by atoms with Crippen LogP contribution in [0.3, 0.4) is 0 Å². The number of unbranched alkanes of at least 4 members (excludes halogenated alkanes) is 2. The Bertz CT molecular complexity index is 1320. The maximum atomic E-state index is 14.0. The number of carbonyl (C=O) groups excluding carboxylic acids is 1. The minimum absolute atomic E-state index is 0.127. The first-order chi connectivity index (χ1) is 19.7. The minimum Gasteiger partial charge on any atom is -0.331 e. The van der Waals surface area contributed by atoms with Gasteiger partial charge in [0.2, 0.25) is 0 Å². The van der Waals surface area contributed by atoms with Gasteiger partial charge >= 0.3 is 0 Å². The molecule has 1 aliphatic rings. The zero-order chi connectivity index (χ0) is 27.6. The van der Waals surface area contributed by atoms with Crippen LogP contribution in [0.25, 0.3) is 11.1 Å². The summed E-state index contributed by atoms with van der Waals surface area (Å²) < 4.78 is 0. The van der Waals surface area contributed by atoms with Crippen LogP contribution < -0.4 is 0 Å². The number of aromatic nitrogens is 2. The van der Waals surface area contributed by atoms with Gasteiger partial charge in [0.05, 0.1) is 0 Å². The monoisotopic (exact) mass is 532 g/mol. The number of benzene rings is 3. The van der Waals surface area contributed by atoms with Crippen molar-refractivity contribution in [3.63, 3.8) is 0 Å². The van der Waals surface area contributed by atoms with Gasteiger partial charge in [-0.15, -0.1) is 0 Å². The Labute approximate surface area is 238 Å². The van der Waals surface area contributed by atoms with Crippen LogP contribution >= 0.6 is 0 Å². The van der Waals surface area contributed by atoms with E-state index in [4.69, 9.17) is 0 Å². The van der Waals surface area contributed by atoms with E-state index in [2.05, 4.69) is 93.4 Å². The van der Waals surface area contributed by atoms with Crippen LogP contribution in [0.5, 0.6) is 0 Å². The van der Waals surface area contributed by atoms with E-state index in [1.165, 1.54) is 30.4 Å². The van der Waals surface area contributed by atoms with Gasteiger partial charge in [-0.25, -0.2) is 9.97 Å². The highest BCUT2D eigenvalue weighted by molar-refractivity contribution is 5.94. The molecule has 0 saturated carbocycles. The molecule has 1 saturated heterocycles. The molecule has 5 nitrogen and oxygen atoms in total. The van der Waals surface area contributed by atoms with E-state index >= 15 is 0 Å².